The van der Waals surface area contributed by atoms with Gasteiger partial charge in [-0.25, -0.2) is 9.59 Å². The van der Waals surface area contributed by atoms with Crippen LogP contribution in [0, 0.1) is 0 Å². The molecular weight excluding hydrogens is 458 g/mol. The number of nitrogens with two attached hydrogens (primary N) is 1. The van der Waals surface area contributed by atoms with Crippen molar-refractivity contribution in [2.24, 2.45) is 5.73 Å². The van der Waals surface area contributed by atoms with Crippen LogP contribution in [-0.4, -0.2) is 50.9 Å². The summed E-state index contributed by atoms with van der Waals surface area (Å²) < 4.78 is 10.1. The minimum atomic E-state index is -1.16. The number of amides is 2. The summed E-state index contributed by atoms with van der Waals surface area (Å²) in [4.78, 5) is 52.3. The van der Waals surface area contributed by atoms with Gasteiger partial charge in [0.25, 0.3) is 6.29 Å². The minimum Gasteiger partial charge on any atom is -0.419 e. The number of nitrogens with zero attached hydrogens (tertiary/aromatic N) is 1. The Bertz CT molecular complexity index is 1190. The largest absolute Gasteiger partial charge is 0.419 e. The quantitative estimate of drug-likeness (QED) is 0.487. The summed E-state index contributed by atoms with van der Waals surface area (Å²) in [5, 5.41) is 2.29. The molecule has 5 atom stereocenters. The van der Waals surface area contributed by atoms with E-state index in [9.17, 15) is 19.2 Å². The standard InChI is InChI=1S/C24H23N3O6S/c1-24(2)17(22(31)33-23-14-11-7-6-10-13(14)21(30)32-23)27-19(29)16(20(27)34-24)26-18(28)15(25)12-8-4-3-5-9-12/h3-11,15-17,20,23H,25H2,1-2H3,(H,26,28)/t15-,16?,17+,20-,23?/m1/s1. The smallest absolute Gasteiger partial charge is 0.342 e. The Morgan fingerprint density at radius 1 is 1.12 bits per heavy atom. The van der Waals surface area contributed by atoms with E-state index in [1.165, 1.54) is 16.7 Å². The summed E-state index contributed by atoms with van der Waals surface area (Å²) in [6.07, 6.45) is -1.16. The monoisotopic (exact) mass is 481 g/mol. The SMILES string of the molecule is CC1(C)S[C@@H]2C(NC(=O)[C@H](N)c3ccccc3)C(=O)N2[C@H]1C(=O)OC1OC(=O)c2ccccc21. The van der Waals surface area contributed by atoms with E-state index in [0.29, 0.717) is 16.7 Å². The van der Waals surface area contributed by atoms with Crippen LogP contribution < -0.4 is 11.1 Å². The van der Waals surface area contributed by atoms with Crippen molar-refractivity contribution in [1.82, 2.24) is 10.2 Å². The second kappa shape index (κ2) is 8.14. The number of carbonyl (C=O) groups is 4. The summed E-state index contributed by atoms with van der Waals surface area (Å²) in [5.41, 5.74) is 7.51. The number of hydrogen-bond donors (Lipinski definition) is 2. The highest BCUT2D eigenvalue weighted by molar-refractivity contribution is 8.01. The highest BCUT2D eigenvalue weighted by Gasteiger charge is 2.65. The predicted molar refractivity (Wildman–Crippen MR) is 122 cm³/mol. The fourth-order valence-corrected chi connectivity index (χ4v) is 6.17. The van der Waals surface area contributed by atoms with Crippen molar-refractivity contribution < 1.29 is 28.7 Å². The Kier molecular flexibility index (Phi) is 5.37. The van der Waals surface area contributed by atoms with E-state index in [1.54, 1.807) is 48.5 Å². The van der Waals surface area contributed by atoms with E-state index >= 15 is 0 Å². The van der Waals surface area contributed by atoms with E-state index in [0.717, 1.165) is 0 Å². The summed E-state index contributed by atoms with van der Waals surface area (Å²) in [7, 11) is 0. The van der Waals surface area contributed by atoms with Crippen LogP contribution in [0.15, 0.2) is 54.6 Å². The number of β-lactam (4-membered cyclic amide) rings is 1. The lowest BCUT2D eigenvalue weighted by Gasteiger charge is -2.44. The maximum Gasteiger partial charge on any atom is 0.342 e. The normalized spacial score (nSPS) is 27.2. The zero-order chi connectivity index (χ0) is 24.2. The molecule has 2 fully saturated rings. The first-order valence-corrected chi connectivity index (χ1v) is 11.7. The summed E-state index contributed by atoms with van der Waals surface area (Å²) in [6, 6.07) is 12.9. The topological polar surface area (TPSA) is 128 Å². The molecule has 2 aromatic carbocycles. The van der Waals surface area contributed by atoms with Crippen molar-refractivity contribution in [2.45, 2.75) is 48.4 Å². The molecule has 5 rings (SSSR count). The molecule has 3 aliphatic rings. The van der Waals surface area contributed by atoms with Gasteiger partial charge in [0, 0.05) is 10.3 Å². The number of carbonyl (C=O) groups excluding carboxylic acids is 4. The Labute approximate surface area is 199 Å². The molecule has 0 radical (unpaired) electrons. The molecule has 2 saturated heterocycles. The van der Waals surface area contributed by atoms with Crippen LogP contribution in [-0.2, 0) is 23.9 Å². The summed E-state index contributed by atoms with van der Waals surface area (Å²) in [5.74, 6) is -2.09. The van der Waals surface area contributed by atoms with Gasteiger partial charge < -0.3 is 25.4 Å². The predicted octanol–water partition coefficient (Wildman–Crippen LogP) is 1.65. The van der Waals surface area contributed by atoms with Crippen molar-refractivity contribution in [2.75, 3.05) is 0 Å². The van der Waals surface area contributed by atoms with Gasteiger partial charge >= 0.3 is 11.9 Å². The molecule has 176 valence electrons. The van der Waals surface area contributed by atoms with Gasteiger partial charge in [0.1, 0.15) is 23.5 Å². The molecular formula is C24H23N3O6S. The molecule has 9 nitrogen and oxygen atoms in total. The Morgan fingerprint density at radius 3 is 2.53 bits per heavy atom. The molecule has 3 aliphatic heterocycles. The van der Waals surface area contributed by atoms with Gasteiger partial charge in [0.15, 0.2) is 0 Å². The van der Waals surface area contributed by atoms with E-state index in [-0.39, 0.29) is 5.91 Å². The summed E-state index contributed by atoms with van der Waals surface area (Å²) in [6.45, 7) is 3.66. The molecule has 3 heterocycles. The lowest BCUT2D eigenvalue weighted by molar-refractivity contribution is -0.180. The molecule has 0 aliphatic carbocycles. The third kappa shape index (κ3) is 3.54. The van der Waals surface area contributed by atoms with Crippen molar-refractivity contribution in [3.63, 3.8) is 0 Å². The molecule has 10 heteroatoms. The van der Waals surface area contributed by atoms with E-state index in [2.05, 4.69) is 5.32 Å². The first-order chi connectivity index (χ1) is 16.2. The maximum absolute atomic E-state index is 13.2. The van der Waals surface area contributed by atoms with Crippen LogP contribution in [0.25, 0.3) is 0 Å². The molecule has 0 bridgehead atoms. The zero-order valence-electron chi connectivity index (χ0n) is 18.5. The molecule has 0 aromatic heterocycles. The fraction of sp³-hybridized carbons (Fsp3) is 0.333. The first-order valence-electron chi connectivity index (χ1n) is 10.8. The molecule has 0 spiro atoms. The van der Waals surface area contributed by atoms with E-state index in [1.807, 2.05) is 19.9 Å². The Balaban J connectivity index is 1.28. The van der Waals surface area contributed by atoms with Gasteiger partial charge in [0.2, 0.25) is 11.8 Å². The first kappa shape index (κ1) is 22.4. The second-order valence-electron chi connectivity index (χ2n) is 8.90. The van der Waals surface area contributed by atoms with Crippen molar-refractivity contribution >= 4 is 35.5 Å². The van der Waals surface area contributed by atoms with Gasteiger partial charge in [0.05, 0.1) is 5.56 Å². The van der Waals surface area contributed by atoms with Crippen LogP contribution in [0.3, 0.4) is 0 Å². The Morgan fingerprint density at radius 2 is 1.79 bits per heavy atom. The number of fused-ring (bicyclic) bond motifs is 2. The van der Waals surface area contributed by atoms with Crippen LogP contribution >= 0.6 is 11.8 Å². The van der Waals surface area contributed by atoms with E-state index < -0.39 is 52.4 Å². The molecule has 2 aromatic rings. The number of cyclic esters (lactones) is 1. The van der Waals surface area contributed by atoms with Crippen LogP contribution in [0.5, 0.6) is 0 Å². The van der Waals surface area contributed by atoms with Gasteiger partial charge in [-0.3, -0.25) is 9.59 Å². The average molecular weight is 482 g/mol. The van der Waals surface area contributed by atoms with Crippen LogP contribution in [0.4, 0.5) is 0 Å². The third-order valence-corrected chi connectivity index (χ3v) is 7.85. The van der Waals surface area contributed by atoms with Crippen LogP contribution in [0.2, 0.25) is 0 Å². The fourth-order valence-electron chi connectivity index (χ4n) is 4.55. The molecule has 2 amide bonds. The summed E-state index contributed by atoms with van der Waals surface area (Å²) >= 11 is 1.40. The second-order valence-corrected chi connectivity index (χ2v) is 10.7. The van der Waals surface area contributed by atoms with Gasteiger partial charge in [-0.2, -0.15) is 0 Å². The van der Waals surface area contributed by atoms with Gasteiger partial charge in [-0.15, -0.1) is 11.8 Å². The number of thioether (sulfide) groups is 1. The number of nitrogens with one attached hydrogen (secondary N) is 1. The van der Waals surface area contributed by atoms with Crippen LogP contribution in [0.1, 0.15) is 47.7 Å². The maximum atomic E-state index is 13.2. The van der Waals surface area contributed by atoms with E-state index in [4.69, 9.17) is 15.2 Å². The van der Waals surface area contributed by atoms with Gasteiger partial charge in [-0.05, 0) is 25.5 Å². The number of rotatable bonds is 5. The number of hydrogen-bond acceptors (Lipinski definition) is 8. The van der Waals surface area contributed by atoms with Crippen molar-refractivity contribution in [3.8, 4) is 0 Å². The lowest BCUT2D eigenvalue weighted by atomic mass is 9.95. The minimum absolute atomic E-state index is 0.343. The Hall–Kier alpha value is -3.37. The van der Waals surface area contributed by atoms with Crippen molar-refractivity contribution in [1.29, 1.82) is 0 Å². The molecule has 34 heavy (non-hydrogen) atoms. The average Bonchev–Trinajstić information content (AvgIpc) is 3.28. The third-order valence-electron chi connectivity index (χ3n) is 6.28. The highest BCUT2D eigenvalue weighted by Crippen LogP contribution is 2.51. The molecule has 3 N–H and O–H groups in total. The van der Waals surface area contributed by atoms with Crippen molar-refractivity contribution in [3.05, 3.63) is 71.3 Å². The lowest BCUT2D eigenvalue weighted by Crippen LogP contribution is -2.71. The zero-order valence-corrected chi connectivity index (χ0v) is 19.3. The number of esters is 2. The highest BCUT2D eigenvalue weighted by atomic mass is 32.2. The number of benzene rings is 2. The van der Waals surface area contributed by atoms with Gasteiger partial charge in [-0.1, -0.05) is 48.5 Å². The molecule has 0 saturated carbocycles. The number of ether oxygens (including phenoxy) is 2. The molecule has 2 unspecified atom stereocenters.